The van der Waals surface area contributed by atoms with Gasteiger partial charge < -0.3 is 18.8 Å². The quantitative estimate of drug-likeness (QED) is 0.490. The van der Waals surface area contributed by atoms with Crippen molar-refractivity contribution < 1.29 is 14.2 Å². The zero-order chi connectivity index (χ0) is 20.8. The number of rotatable bonds is 8. The molecule has 8 heteroatoms. The highest BCUT2D eigenvalue weighted by molar-refractivity contribution is 6.30. The van der Waals surface area contributed by atoms with Gasteiger partial charge in [-0.2, -0.15) is 5.26 Å². The number of hydrogen-bond acceptors (Lipinski definition) is 5. The molecule has 6 nitrogen and oxygen atoms in total. The van der Waals surface area contributed by atoms with Gasteiger partial charge in [0.05, 0.1) is 31.1 Å². The Kier molecular flexibility index (Phi) is 7.94. The number of aryl methyl sites for hydroxylation is 1. The number of halogens is 2. The normalized spacial score (nSPS) is 20.1. The molecule has 0 radical (unpaired) electrons. The van der Waals surface area contributed by atoms with Gasteiger partial charge in [0.15, 0.2) is 5.79 Å². The second-order valence-corrected chi connectivity index (χ2v) is 7.71. The number of hydrogen-bond donors (Lipinski definition) is 0. The topological polar surface area (TPSA) is 69.3 Å². The van der Waals surface area contributed by atoms with E-state index in [1.807, 2.05) is 35.0 Å². The van der Waals surface area contributed by atoms with Gasteiger partial charge in [-0.15, -0.1) is 12.4 Å². The monoisotopic (exact) mass is 459 g/mol. The van der Waals surface area contributed by atoms with Gasteiger partial charge in [0.1, 0.15) is 18.5 Å². The van der Waals surface area contributed by atoms with Crippen LogP contribution >= 0.6 is 24.0 Å². The molecule has 1 aliphatic rings. The molecule has 0 N–H and O–H groups in total. The highest BCUT2D eigenvalue weighted by atomic mass is 35.5. The second kappa shape index (κ2) is 10.7. The third kappa shape index (κ3) is 6.22. The van der Waals surface area contributed by atoms with Crippen LogP contribution in [0.4, 0.5) is 0 Å². The second-order valence-electron chi connectivity index (χ2n) is 7.27. The highest BCUT2D eigenvalue weighted by Gasteiger charge is 2.42. The summed E-state index contributed by atoms with van der Waals surface area (Å²) in [5.41, 5.74) is 1.78. The maximum Gasteiger partial charge on any atom is 0.187 e. The predicted molar refractivity (Wildman–Crippen MR) is 119 cm³/mol. The van der Waals surface area contributed by atoms with Crippen molar-refractivity contribution >= 4 is 24.0 Å². The van der Waals surface area contributed by atoms with Crippen molar-refractivity contribution in [2.45, 2.75) is 31.3 Å². The van der Waals surface area contributed by atoms with Crippen LogP contribution in [-0.4, -0.2) is 34.7 Å². The Morgan fingerprint density at radius 1 is 1.19 bits per heavy atom. The molecule has 0 saturated carbocycles. The molecule has 4 rings (SSSR count). The van der Waals surface area contributed by atoms with Crippen LogP contribution in [0.3, 0.4) is 0 Å². The van der Waals surface area contributed by atoms with Crippen LogP contribution in [0, 0.1) is 11.3 Å². The lowest BCUT2D eigenvalue weighted by Crippen LogP contribution is -2.37. The number of benzene rings is 2. The van der Waals surface area contributed by atoms with E-state index < -0.39 is 5.79 Å². The summed E-state index contributed by atoms with van der Waals surface area (Å²) in [5, 5.41) is 9.62. The van der Waals surface area contributed by atoms with Crippen molar-refractivity contribution in [2.24, 2.45) is 0 Å². The number of nitrogens with zero attached hydrogens (tertiary/aromatic N) is 3. The summed E-state index contributed by atoms with van der Waals surface area (Å²) in [6.45, 7) is 1.37. The maximum atomic E-state index is 8.90. The van der Waals surface area contributed by atoms with Crippen LogP contribution < -0.4 is 4.74 Å². The first kappa shape index (κ1) is 23.1. The molecule has 0 aliphatic carbocycles. The molecular weight excluding hydrogens is 437 g/mol. The van der Waals surface area contributed by atoms with E-state index in [-0.39, 0.29) is 18.5 Å². The third-order valence-electron chi connectivity index (χ3n) is 5.02. The maximum absolute atomic E-state index is 8.90. The molecule has 1 saturated heterocycles. The van der Waals surface area contributed by atoms with Crippen LogP contribution in [0.5, 0.6) is 5.75 Å². The predicted octanol–water partition coefficient (Wildman–Crippen LogP) is 4.65. The van der Waals surface area contributed by atoms with Crippen molar-refractivity contribution in [3.8, 4) is 11.8 Å². The molecule has 0 unspecified atom stereocenters. The first-order valence-corrected chi connectivity index (χ1v) is 10.2. The van der Waals surface area contributed by atoms with Gasteiger partial charge in [0.25, 0.3) is 0 Å². The standard InChI is InChI=1S/C23H22ClN3O3.ClH/c24-20-5-1-18(2-6-20)9-10-23(16-27-12-11-26-17-27)29-15-22(30-23)14-28-21-7-3-19(13-25)4-8-21;/h1-8,11-12,17,22H,9-10,14-16H2;1H/t22-,23-;/m1./s1. The van der Waals surface area contributed by atoms with Crippen LogP contribution in [0.15, 0.2) is 67.3 Å². The zero-order valence-corrected chi connectivity index (χ0v) is 18.4. The van der Waals surface area contributed by atoms with E-state index in [4.69, 9.17) is 31.1 Å². The molecule has 0 amide bonds. The summed E-state index contributed by atoms with van der Waals surface area (Å²) < 4.78 is 20.3. The van der Waals surface area contributed by atoms with Gasteiger partial charge in [-0.05, 0) is 48.4 Å². The van der Waals surface area contributed by atoms with E-state index in [0.29, 0.717) is 37.5 Å². The van der Waals surface area contributed by atoms with Crippen LogP contribution in [0.25, 0.3) is 0 Å². The van der Waals surface area contributed by atoms with Crippen LogP contribution in [0.1, 0.15) is 17.5 Å². The molecular formula is C23H23Cl2N3O3. The minimum absolute atomic E-state index is 0. The molecule has 3 aromatic rings. The van der Waals surface area contributed by atoms with Crippen molar-refractivity contribution in [3.63, 3.8) is 0 Å². The molecule has 1 aliphatic heterocycles. The Balaban J connectivity index is 0.00000272. The first-order valence-electron chi connectivity index (χ1n) is 9.79. The molecule has 1 fully saturated rings. The lowest BCUT2D eigenvalue weighted by molar-refractivity contribution is -0.184. The van der Waals surface area contributed by atoms with E-state index in [1.54, 1.807) is 36.8 Å². The Bertz CT molecular complexity index is 988. The Labute approximate surface area is 192 Å². The van der Waals surface area contributed by atoms with Crippen LogP contribution in [-0.2, 0) is 22.4 Å². The summed E-state index contributed by atoms with van der Waals surface area (Å²) in [4.78, 5) is 4.12. The number of aromatic nitrogens is 2. The van der Waals surface area contributed by atoms with Gasteiger partial charge in [-0.3, -0.25) is 0 Å². The minimum atomic E-state index is -0.751. The summed E-state index contributed by atoms with van der Waals surface area (Å²) in [6.07, 6.45) is 6.71. The summed E-state index contributed by atoms with van der Waals surface area (Å²) in [5.74, 6) is -0.0511. The molecule has 2 heterocycles. The van der Waals surface area contributed by atoms with Crippen LogP contribution in [0.2, 0.25) is 5.02 Å². The summed E-state index contributed by atoms with van der Waals surface area (Å²) >= 11 is 5.99. The van der Waals surface area contributed by atoms with E-state index in [9.17, 15) is 0 Å². The van der Waals surface area contributed by atoms with E-state index in [1.165, 1.54) is 5.56 Å². The molecule has 31 heavy (non-hydrogen) atoms. The molecule has 0 bridgehead atoms. The molecule has 1 aromatic heterocycles. The van der Waals surface area contributed by atoms with Crippen molar-refractivity contribution in [1.29, 1.82) is 5.26 Å². The summed E-state index contributed by atoms with van der Waals surface area (Å²) in [6, 6.07) is 17.0. The zero-order valence-electron chi connectivity index (χ0n) is 16.8. The molecule has 0 spiro atoms. The Morgan fingerprint density at radius 3 is 2.65 bits per heavy atom. The highest BCUT2D eigenvalue weighted by Crippen LogP contribution is 2.31. The van der Waals surface area contributed by atoms with Crippen molar-refractivity contribution in [1.82, 2.24) is 9.55 Å². The van der Waals surface area contributed by atoms with Gasteiger partial charge >= 0.3 is 0 Å². The van der Waals surface area contributed by atoms with E-state index in [0.717, 1.165) is 11.4 Å². The van der Waals surface area contributed by atoms with Crippen molar-refractivity contribution in [3.05, 3.63) is 83.4 Å². The fourth-order valence-electron chi connectivity index (χ4n) is 3.45. The minimum Gasteiger partial charge on any atom is -0.491 e. The smallest absolute Gasteiger partial charge is 0.187 e. The third-order valence-corrected chi connectivity index (χ3v) is 5.28. The Morgan fingerprint density at radius 2 is 1.97 bits per heavy atom. The molecule has 2 atom stereocenters. The number of imidazole rings is 1. The van der Waals surface area contributed by atoms with Gasteiger partial charge in [0, 0.05) is 23.8 Å². The average molecular weight is 460 g/mol. The first-order chi connectivity index (χ1) is 14.6. The largest absolute Gasteiger partial charge is 0.491 e. The van der Waals surface area contributed by atoms with Gasteiger partial charge in [0.2, 0.25) is 0 Å². The Hall–Kier alpha value is -2.56. The number of nitriles is 1. The number of ether oxygens (including phenoxy) is 3. The van der Waals surface area contributed by atoms with E-state index >= 15 is 0 Å². The van der Waals surface area contributed by atoms with E-state index in [2.05, 4.69) is 11.1 Å². The lowest BCUT2D eigenvalue weighted by atomic mass is 10.0. The fourth-order valence-corrected chi connectivity index (χ4v) is 3.58. The average Bonchev–Trinajstić information content (AvgIpc) is 3.43. The molecule has 2 aromatic carbocycles. The molecule has 162 valence electrons. The lowest BCUT2D eigenvalue weighted by Gasteiger charge is -2.28. The SMILES string of the molecule is Cl.N#Cc1ccc(OC[C@@H]2CO[C@@](CCc3ccc(Cl)cc3)(Cn3ccnc3)O2)cc1. The van der Waals surface area contributed by atoms with Gasteiger partial charge in [-0.1, -0.05) is 23.7 Å². The summed E-state index contributed by atoms with van der Waals surface area (Å²) in [7, 11) is 0. The fraction of sp³-hybridized carbons (Fsp3) is 0.304. The van der Waals surface area contributed by atoms with Gasteiger partial charge in [-0.25, -0.2) is 4.98 Å². The van der Waals surface area contributed by atoms with Crippen molar-refractivity contribution in [2.75, 3.05) is 13.2 Å².